The van der Waals surface area contributed by atoms with Crippen molar-refractivity contribution in [3.63, 3.8) is 0 Å². The van der Waals surface area contributed by atoms with Gasteiger partial charge in [-0.3, -0.25) is 0 Å². The number of hydrogen-bond donors (Lipinski definition) is 2. The fourth-order valence-corrected chi connectivity index (χ4v) is 1.23. The van der Waals surface area contributed by atoms with Gasteiger partial charge in [-0.2, -0.15) is 0 Å². The Hall–Kier alpha value is -0.200. The zero-order valence-corrected chi connectivity index (χ0v) is 11.7. The molecule has 0 rings (SSSR count). The molecule has 5 heteroatoms. The molecule has 0 fully saturated rings. The van der Waals surface area contributed by atoms with Crippen LogP contribution >= 0.6 is 0 Å². The first-order chi connectivity index (χ1) is 7.91. The average molecular weight is 249 g/mol. The summed E-state index contributed by atoms with van der Waals surface area (Å²) in [5.41, 5.74) is -0.218. The molecule has 17 heavy (non-hydrogen) atoms. The van der Waals surface area contributed by atoms with E-state index in [-0.39, 0.29) is 11.7 Å². The maximum Gasteiger partial charge on any atom is 0.0897 e. The lowest BCUT2D eigenvalue weighted by Crippen LogP contribution is -2.41. The van der Waals surface area contributed by atoms with Crippen LogP contribution in [0.2, 0.25) is 0 Å². The van der Waals surface area contributed by atoms with Gasteiger partial charge in [0.2, 0.25) is 0 Å². The van der Waals surface area contributed by atoms with Gasteiger partial charge in [0.25, 0.3) is 0 Å². The minimum Gasteiger partial charge on any atom is -0.389 e. The fraction of sp³-hybridized carbons (Fsp3) is 1.00. The van der Waals surface area contributed by atoms with E-state index in [1.807, 2.05) is 20.8 Å². The Bertz CT molecular complexity index is 187. The van der Waals surface area contributed by atoms with Crippen molar-refractivity contribution in [2.24, 2.45) is 0 Å². The lowest BCUT2D eigenvalue weighted by atomic mass is 10.1. The summed E-state index contributed by atoms with van der Waals surface area (Å²) in [6.07, 6.45) is -0.507. The third kappa shape index (κ3) is 9.50. The third-order valence-electron chi connectivity index (χ3n) is 2.46. The number of methoxy groups -OCH3 is 2. The Morgan fingerprint density at radius 3 is 2.41 bits per heavy atom. The molecule has 0 heterocycles. The summed E-state index contributed by atoms with van der Waals surface area (Å²) in [6, 6.07) is 0. The van der Waals surface area contributed by atoms with Gasteiger partial charge in [-0.1, -0.05) is 0 Å². The molecule has 0 bridgehead atoms. The van der Waals surface area contributed by atoms with Gasteiger partial charge in [-0.15, -0.1) is 0 Å². The highest BCUT2D eigenvalue weighted by Gasteiger charge is 2.16. The molecule has 5 nitrogen and oxygen atoms in total. The van der Waals surface area contributed by atoms with Crippen molar-refractivity contribution >= 4 is 0 Å². The van der Waals surface area contributed by atoms with Gasteiger partial charge in [0, 0.05) is 27.3 Å². The van der Waals surface area contributed by atoms with Gasteiger partial charge in [0.15, 0.2) is 0 Å². The molecule has 104 valence electrons. The van der Waals surface area contributed by atoms with Gasteiger partial charge in [0.05, 0.1) is 31.0 Å². The average Bonchev–Trinajstić information content (AvgIpc) is 2.26. The number of rotatable bonds is 10. The quantitative estimate of drug-likeness (QED) is 0.587. The predicted octanol–water partition coefficient (Wildman–Crippen LogP) is 0.413. The van der Waals surface area contributed by atoms with Crippen LogP contribution in [0.15, 0.2) is 0 Å². The zero-order valence-electron chi connectivity index (χ0n) is 11.7. The van der Waals surface area contributed by atoms with Gasteiger partial charge in [-0.25, -0.2) is 0 Å². The third-order valence-corrected chi connectivity index (χ3v) is 2.46. The monoisotopic (exact) mass is 249 g/mol. The molecule has 0 spiro atoms. The van der Waals surface area contributed by atoms with E-state index in [0.29, 0.717) is 26.3 Å². The van der Waals surface area contributed by atoms with Crippen LogP contribution in [-0.2, 0) is 14.2 Å². The van der Waals surface area contributed by atoms with E-state index in [9.17, 15) is 5.11 Å². The van der Waals surface area contributed by atoms with Gasteiger partial charge in [-0.05, 0) is 20.8 Å². The first-order valence-corrected chi connectivity index (χ1v) is 5.95. The van der Waals surface area contributed by atoms with E-state index >= 15 is 0 Å². The number of aliphatic hydroxyl groups is 1. The second-order valence-corrected chi connectivity index (χ2v) is 4.85. The second kappa shape index (κ2) is 8.83. The highest BCUT2D eigenvalue weighted by molar-refractivity contribution is 4.72. The molecular weight excluding hydrogens is 222 g/mol. The van der Waals surface area contributed by atoms with E-state index < -0.39 is 6.10 Å². The van der Waals surface area contributed by atoms with E-state index in [4.69, 9.17) is 14.2 Å². The molecule has 2 atom stereocenters. The van der Waals surface area contributed by atoms with Crippen LogP contribution in [0.25, 0.3) is 0 Å². The summed E-state index contributed by atoms with van der Waals surface area (Å²) in [7, 11) is 3.30. The Labute approximate surface area is 104 Å². The van der Waals surface area contributed by atoms with Crippen molar-refractivity contribution < 1.29 is 19.3 Å². The molecule has 0 amide bonds. The van der Waals surface area contributed by atoms with E-state index in [2.05, 4.69) is 5.32 Å². The number of aliphatic hydroxyl groups excluding tert-OH is 1. The fourth-order valence-electron chi connectivity index (χ4n) is 1.23. The summed E-state index contributed by atoms with van der Waals surface area (Å²) in [4.78, 5) is 0. The van der Waals surface area contributed by atoms with Crippen LogP contribution in [0.3, 0.4) is 0 Å². The number of hydrogen-bond acceptors (Lipinski definition) is 5. The molecule has 0 aromatic heterocycles. The SMILES string of the molecule is COCC(C)OCC(O)CNCC(C)(C)OC. The first kappa shape index (κ1) is 16.8. The molecule has 0 aliphatic heterocycles. The molecule has 0 saturated carbocycles. The molecule has 2 unspecified atom stereocenters. The van der Waals surface area contributed by atoms with Crippen molar-refractivity contribution in [1.82, 2.24) is 5.32 Å². The Balaban J connectivity index is 3.56. The van der Waals surface area contributed by atoms with Crippen molar-refractivity contribution in [2.75, 3.05) is 40.5 Å². The molecule has 0 aliphatic carbocycles. The summed E-state index contributed by atoms with van der Waals surface area (Å²) < 4.78 is 15.6. The van der Waals surface area contributed by atoms with Crippen LogP contribution in [-0.4, -0.2) is 63.4 Å². The zero-order chi connectivity index (χ0) is 13.3. The number of nitrogens with one attached hydrogen (secondary N) is 1. The lowest BCUT2D eigenvalue weighted by molar-refractivity contribution is -0.0333. The summed E-state index contributed by atoms with van der Waals surface area (Å²) in [6.45, 7) is 7.92. The van der Waals surface area contributed by atoms with Gasteiger partial charge < -0.3 is 24.6 Å². The summed E-state index contributed by atoms with van der Waals surface area (Å²) in [5.74, 6) is 0. The maximum absolute atomic E-state index is 9.67. The molecule has 2 N–H and O–H groups in total. The van der Waals surface area contributed by atoms with Gasteiger partial charge >= 0.3 is 0 Å². The lowest BCUT2D eigenvalue weighted by Gasteiger charge is -2.24. The van der Waals surface area contributed by atoms with Crippen LogP contribution < -0.4 is 5.32 Å². The molecule has 0 aromatic carbocycles. The smallest absolute Gasteiger partial charge is 0.0897 e. The maximum atomic E-state index is 9.67. The Kier molecular flexibility index (Phi) is 8.72. The van der Waals surface area contributed by atoms with Crippen LogP contribution in [0.1, 0.15) is 20.8 Å². The molecule has 0 saturated heterocycles. The van der Waals surface area contributed by atoms with Crippen LogP contribution in [0, 0.1) is 0 Å². The van der Waals surface area contributed by atoms with E-state index in [0.717, 1.165) is 0 Å². The first-order valence-electron chi connectivity index (χ1n) is 5.95. The van der Waals surface area contributed by atoms with Crippen molar-refractivity contribution in [2.45, 2.75) is 38.6 Å². The largest absolute Gasteiger partial charge is 0.389 e. The Morgan fingerprint density at radius 2 is 1.88 bits per heavy atom. The summed E-state index contributed by atoms with van der Waals surface area (Å²) in [5, 5.41) is 12.8. The topological polar surface area (TPSA) is 60.0 Å². The minimum atomic E-state index is -0.512. The summed E-state index contributed by atoms with van der Waals surface area (Å²) >= 11 is 0. The Morgan fingerprint density at radius 1 is 1.24 bits per heavy atom. The molecular formula is C12H27NO4. The minimum absolute atomic E-state index is 0.00469. The number of ether oxygens (including phenoxy) is 3. The van der Waals surface area contributed by atoms with Crippen molar-refractivity contribution in [3.8, 4) is 0 Å². The normalized spacial score (nSPS) is 15.9. The molecule has 0 radical (unpaired) electrons. The highest BCUT2D eigenvalue weighted by atomic mass is 16.5. The van der Waals surface area contributed by atoms with Crippen molar-refractivity contribution in [1.29, 1.82) is 0 Å². The van der Waals surface area contributed by atoms with Gasteiger partial charge in [0.1, 0.15) is 0 Å². The van der Waals surface area contributed by atoms with E-state index in [1.165, 1.54) is 0 Å². The van der Waals surface area contributed by atoms with E-state index in [1.54, 1.807) is 14.2 Å². The molecule has 0 aromatic rings. The highest BCUT2D eigenvalue weighted by Crippen LogP contribution is 2.04. The van der Waals surface area contributed by atoms with Crippen molar-refractivity contribution in [3.05, 3.63) is 0 Å². The second-order valence-electron chi connectivity index (χ2n) is 4.85. The molecule has 0 aliphatic rings. The van der Waals surface area contributed by atoms with Crippen LogP contribution in [0.5, 0.6) is 0 Å². The standard InChI is InChI=1S/C12H27NO4/c1-10(7-15-4)17-8-11(14)6-13-9-12(2,3)16-5/h10-11,13-14H,6-9H2,1-5H3. The predicted molar refractivity (Wildman–Crippen MR) is 67.3 cm³/mol. The van der Waals surface area contributed by atoms with Crippen LogP contribution in [0.4, 0.5) is 0 Å².